The van der Waals surface area contributed by atoms with Crippen LogP contribution in [0.2, 0.25) is 0 Å². The van der Waals surface area contributed by atoms with Gasteiger partial charge < -0.3 is 9.73 Å². The number of fused-ring (bicyclic) bond motifs is 1. The van der Waals surface area contributed by atoms with Gasteiger partial charge in [0.1, 0.15) is 11.1 Å². The Morgan fingerprint density at radius 3 is 2.71 bits per heavy atom. The molecule has 2 aromatic rings. The average Bonchev–Trinajstić information content (AvgIpc) is 2.28. The third-order valence-corrected chi connectivity index (χ3v) is 2.91. The molecule has 2 rings (SSSR count). The van der Waals surface area contributed by atoms with Gasteiger partial charge in [0.25, 0.3) is 5.91 Å². The van der Waals surface area contributed by atoms with Crippen molar-refractivity contribution in [1.82, 2.24) is 5.32 Å². The predicted octanol–water partition coefficient (Wildman–Crippen LogP) is 2.22. The number of halogens is 1. The summed E-state index contributed by atoms with van der Waals surface area (Å²) in [6.45, 7) is 1.84. The van der Waals surface area contributed by atoms with Crippen molar-refractivity contribution in [3.63, 3.8) is 0 Å². The summed E-state index contributed by atoms with van der Waals surface area (Å²) in [5.74, 6) is -0.446. The summed E-state index contributed by atoms with van der Waals surface area (Å²) in [6, 6.07) is 5.19. The highest BCUT2D eigenvalue weighted by Gasteiger charge is 2.13. The van der Waals surface area contributed by atoms with Crippen LogP contribution >= 0.6 is 15.9 Å². The number of aryl methyl sites for hydroxylation is 1. The first-order valence-electron chi connectivity index (χ1n) is 4.99. The molecule has 0 atom stereocenters. The van der Waals surface area contributed by atoms with E-state index in [-0.39, 0.29) is 5.56 Å². The second kappa shape index (κ2) is 4.33. The molecule has 1 N–H and O–H groups in total. The summed E-state index contributed by atoms with van der Waals surface area (Å²) < 4.78 is 6.04. The van der Waals surface area contributed by atoms with E-state index in [1.165, 1.54) is 13.1 Å². The standard InChI is InChI=1S/C12H10BrNO3/c1-6-3-8(13)4-7-5-9(11(15)14-2)12(16)17-10(6)7/h3-5H,1-2H3,(H,14,15). The van der Waals surface area contributed by atoms with Gasteiger partial charge >= 0.3 is 5.63 Å². The lowest BCUT2D eigenvalue weighted by atomic mass is 10.1. The summed E-state index contributed by atoms with van der Waals surface area (Å²) in [6.07, 6.45) is 0. The number of benzene rings is 1. The fraction of sp³-hybridized carbons (Fsp3) is 0.167. The molecule has 0 aliphatic rings. The summed E-state index contributed by atoms with van der Waals surface area (Å²) >= 11 is 3.36. The first-order chi connectivity index (χ1) is 8.02. The van der Waals surface area contributed by atoms with Gasteiger partial charge in [0.05, 0.1) is 0 Å². The molecule has 0 fully saturated rings. The van der Waals surface area contributed by atoms with Crippen LogP contribution in [0.1, 0.15) is 15.9 Å². The SMILES string of the molecule is CNC(=O)c1cc2cc(Br)cc(C)c2oc1=O. The summed E-state index contributed by atoms with van der Waals surface area (Å²) in [5.41, 5.74) is 0.737. The van der Waals surface area contributed by atoms with Crippen molar-refractivity contribution in [2.75, 3.05) is 7.05 Å². The highest BCUT2D eigenvalue weighted by Crippen LogP contribution is 2.23. The van der Waals surface area contributed by atoms with Crippen LogP contribution in [-0.4, -0.2) is 13.0 Å². The molecular formula is C12H10BrNO3. The molecule has 88 valence electrons. The molecule has 0 aliphatic heterocycles. The molecule has 0 unspecified atom stereocenters. The maximum atomic E-state index is 11.6. The summed E-state index contributed by atoms with van der Waals surface area (Å²) in [4.78, 5) is 23.1. The number of hydrogen-bond acceptors (Lipinski definition) is 3. The lowest BCUT2D eigenvalue weighted by Crippen LogP contribution is -2.24. The minimum absolute atomic E-state index is 0.0116. The molecule has 17 heavy (non-hydrogen) atoms. The van der Waals surface area contributed by atoms with E-state index < -0.39 is 11.5 Å². The van der Waals surface area contributed by atoms with E-state index in [1.54, 1.807) is 6.07 Å². The monoisotopic (exact) mass is 295 g/mol. The van der Waals surface area contributed by atoms with E-state index in [9.17, 15) is 9.59 Å². The Hall–Kier alpha value is -1.62. The van der Waals surface area contributed by atoms with Crippen molar-refractivity contribution in [2.45, 2.75) is 6.92 Å². The third-order valence-electron chi connectivity index (χ3n) is 2.45. The Morgan fingerprint density at radius 2 is 2.06 bits per heavy atom. The molecule has 0 bridgehead atoms. The van der Waals surface area contributed by atoms with Crippen molar-refractivity contribution in [1.29, 1.82) is 0 Å². The van der Waals surface area contributed by atoms with Gasteiger partial charge in [0.2, 0.25) is 0 Å². The molecule has 1 aromatic carbocycles. The Bertz CT molecular complexity index is 661. The molecule has 0 aliphatic carbocycles. The number of nitrogens with one attached hydrogen (secondary N) is 1. The molecule has 5 heteroatoms. The predicted molar refractivity (Wildman–Crippen MR) is 68.3 cm³/mol. The highest BCUT2D eigenvalue weighted by atomic mass is 79.9. The van der Waals surface area contributed by atoms with E-state index >= 15 is 0 Å². The molecule has 0 saturated carbocycles. The smallest absolute Gasteiger partial charge is 0.349 e. The van der Waals surface area contributed by atoms with E-state index in [0.29, 0.717) is 5.58 Å². The fourth-order valence-electron chi connectivity index (χ4n) is 1.66. The molecule has 0 saturated heterocycles. The molecule has 1 heterocycles. The largest absolute Gasteiger partial charge is 0.422 e. The Morgan fingerprint density at radius 1 is 1.35 bits per heavy atom. The first kappa shape index (κ1) is 11.9. The normalized spacial score (nSPS) is 10.5. The summed E-state index contributed by atoms with van der Waals surface area (Å²) in [5, 5.41) is 3.12. The Labute approximate surface area is 106 Å². The first-order valence-corrected chi connectivity index (χ1v) is 5.78. The summed E-state index contributed by atoms with van der Waals surface area (Å²) in [7, 11) is 1.47. The number of carbonyl (C=O) groups excluding carboxylic acids is 1. The van der Waals surface area contributed by atoms with Gasteiger partial charge in [-0.05, 0) is 30.7 Å². The lowest BCUT2D eigenvalue weighted by Gasteiger charge is -2.04. The van der Waals surface area contributed by atoms with Crippen molar-refractivity contribution < 1.29 is 9.21 Å². The quantitative estimate of drug-likeness (QED) is 0.821. The van der Waals surface area contributed by atoms with Crippen molar-refractivity contribution in [3.8, 4) is 0 Å². The zero-order chi connectivity index (χ0) is 12.6. The van der Waals surface area contributed by atoms with E-state index in [1.807, 2.05) is 13.0 Å². The maximum Gasteiger partial charge on any atom is 0.349 e. The van der Waals surface area contributed by atoms with Gasteiger partial charge in [-0.2, -0.15) is 0 Å². The van der Waals surface area contributed by atoms with Crippen LogP contribution in [0.4, 0.5) is 0 Å². The van der Waals surface area contributed by atoms with Crippen LogP contribution < -0.4 is 10.9 Å². The van der Waals surface area contributed by atoms with Crippen LogP contribution in [-0.2, 0) is 0 Å². The van der Waals surface area contributed by atoms with Crippen LogP contribution in [0.15, 0.2) is 31.9 Å². The van der Waals surface area contributed by atoms with Crippen molar-refractivity contribution in [3.05, 3.63) is 44.2 Å². The zero-order valence-electron chi connectivity index (χ0n) is 9.33. The molecule has 0 spiro atoms. The van der Waals surface area contributed by atoms with Gasteiger partial charge in [0, 0.05) is 16.9 Å². The lowest BCUT2D eigenvalue weighted by molar-refractivity contribution is 0.0959. The second-order valence-corrected chi connectivity index (χ2v) is 4.58. The number of rotatable bonds is 1. The van der Waals surface area contributed by atoms with Gasteiger partial charge in [0.15, 0.2) is 0 Å². The maximum absolute atomic E-state index is 11.6. The average molecular weight is 296 g/mol. The Kier molecular flexibility index (Phi) is 3.02. The van der Waals surface area contributed by atoms with Crippen LogP contribution in [0.3, 0.4) is 0 Å². The van der Waals surface area contributed by atoms with Gasteiger partial charge in [-0.3, -0.25) is 4.79 Å². The fourth-order valence-corrected chi connectivity index (χ4v) is 2.25. The van der Waals surface area contributed by atoms with E-state index in [4.69, 9.17) is 4.42 Å². The van der Waals surface area contributed by atoms with Crippen molar-refractivity contribution in [2.24, 2.45) is 0 Å². The van der Waals surface area contributed by atoms with Crippen LogP contribution in [0.25, 0.3) is 11.0 Å². The molecule has 1 amide bonds. The molecule has 4 nitrogen and oxygen atoms in total. The Balaban J connectivity index is 2.81. The minimum atomic E-state index is -0.623. The number of hydrogen-bond donors (Lipinski definition) is 1. The van der Waals surface area contributed by atoms with Gasteiger partial charge in [-0.1, -0.05) is 15.9 Å². The molecule has 1 aromatic heterocycles. The topological polar surface area (TPSA) is 59.3 Å². The third kappa shape index (κ3) is 2.10. The van der Waals surface area contributed by atoms with Crippen LogP contribution in [0, 0.1) is 6.92 Å². The van der Waals surface area contributed by atoms with Gasteiger partial charge in [-0.15, -0.1) is 0 Å². The minimum Gasteiger partial charge on any atom is -0.422 e. The second-order valence-electron chi connectivity index (χ2n) is 3.67. The molecule has 0 radical (unpaired) electrons. The zero-order valence-corrected chi connectivity index (χ0v) is 10.9. The van der Waals surface area contributed by atoms with Crippen LogP contribution in [0.5, 0.6) is 0 Å². The van der Waals surface area contributed by atoms with E-state index in [2.05, 4.69) is 21.2 Å². The van der Waals surface area contributed by atoms with Gasteiger partial charge in [-0.25, -0.2) is 4.79 Å². The van der Waals surface area contributed by atoms with E-state index in [0.717, 1.165) is 15.4 Å². The van der Waals surface area contributed by atoms with Crippen molar-refractivity contribution >= 4 is 32.8 Å². The number of carbonyl (C=O) groups is 1. The highest BCUT2D eigenvalue weighted by molar-refractivity contribution is 9.10. The molecular weight excluding hydrogens is 286 g/mol. The number of amides is 1.